The Labute approximate surface area is 191 Å². The zero-order valence-electron chi connectivity index (χ0n) is 19.0. The summed E-state index contributed by atoms with van der Waals surface area (Å²) < 4.78 is 12.3. The lowest BCUT2D eigenvalue weighted by molar-refractivity contribution is 0.300. The fraction of sp³-hybridized carbons (Fsp3) is 0.286. The quantitative estimate of drug-likeness (QED) is 0.287. The highest BCUT2D eigenvalue weighted by atomic mass is 16.5. The number of rotatable bonds is 12. The van der Waals surface area contributed by atoms with Crippen LogP contribution in [0.2, 0.25) is 0 Å². The number of hydrogen-bond acceptors (Lipinski definition) is 4. The molecule has 3 rings (SSSR count). The van der Waals surface area contributed by atoms with E-state index in [2.05, 4.69) is 35.9 Å². The van der Waals surface area contributed by atoms with Gasteiger partial charge in [0.05, 0.1) is 24.6 Å². The van der Waals surface area contributed by atoms with Gasteiger partial charge in [0.15, 0.2) is 0 Å². The molecule has 0 saturated carbocycles. The lowest BCUT2D eigenvalue weighted by Gasteiger charge is -2.15. The smallest absolute Gasteiger partial charge is 0.127 e. The van der Waals surface area contributed by atoms with Crippen molar-refractivity contribution in [3.63, 3.8) is 0 Å². The van der Waals surface area contributed by atoms with Crippen molar-refractivity contribution in [1.82, 2.24) is 9.97 Å². The Morgan fingerprint density at radius 1 is 0.656 bits per heavy atom. The maximum atomic E-state index is 6.16. The molecule has 0 fully saturated rings. The highest BCUT2D eigenvalue weighted by Crippen LogP contribution is 2.32. The van der Waals surface area contributed by atoms with Gasteiger partial charge in [0.25, 0.3) is 0 Å². The minimum absolute atomic E-state index is 0.681. The molecule has 0 aliphatic rings. The first kappa shape index (κ1) is 23.3. The normalized spacial score (nSPS) is 11.3. The molecular formula is C28H32N2O2. The second-order valence-electron chi connectivity index (χ2n) is 7.51. The van der Waals surface area contributed by atoms with E-state index >= 15 is 0 Å². The second-order valence-corrected chi connectivity index (χ2v) is 7.51. The molecule has 0 radical (unpaired) electrons. The van der Waals surface area contributed by atoms with Crippen LogP contribution >= 0.6 is 0 Å². The Balaban J connectivity index is 1.96. The van der Waals surface area contributed by atoms with E-state index in [4.69, 9.17) is 9.47 Å². The Bertz CT molecular complexity index is 915. The van der Waals surface area contributed by atoms with Gasteiger partial charge in [-0.15, -0.1) is 0 Å². The second kappa shape index (κ2) is 13.1. The molecule has 0 aliphatic carbocycles. The van der Waals surface area contributed by atoms with Crippen molar-refractivity contribution < 1.29 is 9.47 Å². The van der Waals surface area contributed by atoms with Crippen LogP contribution < -0.4 is 9.47 Å². The Morgan fingerprint density at radius 2 is 1.12 bits per heavy atom. The lowest BCUT2D eigenvalue weighted by atomic mass is 10.1. The number of nitrogens with zero attached hydrogens (tertiary/aromatic N) is 2. The average Bonchev–Trinajstić information content (AvgIpc) is 2.84. The van der Waals surface area contributed by atoms with Crippen molar-refractivity contribution >= 4 is 24.3 Å². The minimum Gasteiger partial charge on any atom is -0.493 e. The van der Waals surface area contributed by atoms with Crippen molar-refractivity contribution in [3.05, 3.63) is 83.4 Å². The van der Waals surface area contributed by atoms with Gasteiger partial charge in [-0.2, -0.15) is 0 Å². The molecule has 166 valence electrons. The summed E-state index contributed by atoms with van der Waals surface area (Å²) in [7, 11) is 0. The van der Waals surface area contributed by atoms with Gasteiger partial charge < -0.3 is 9.47 Å². The van der Waals surface area contributed by atoms with Crippen LogP contribution in [0, 0.1) is 0 Å². The number of ether oxygens (including phenoxy) is 2. The van der Waals surface area contributed by atoms with Gasteiger partial charge in [-0.3, -0.25) is 9.97 Å². The van der Waals surface area contributed by atoms with Crippen LogP contribution in [-0.4, -0.2) is 23.2 Å². The zero-order chi connectivity index (χ0) is 22.4. The molecule has 4 heteroatoms. The molecule has 0 atom stereocenters. The molecule has 1 aromatic carbocycles. The first-order chi connectivity index (χ1) is 15.8. The molecule has 2 aromatic heterocycles. The number of aromatic nitrogens is 2. The van der Waals surface area contributed by atoms with E-state index < -0.39 is 0 Å². The molecule has 0 saturated heterocycles. The van der Waals surface area contributed by atoms with Crippen LogP contribution in [0.4, 0.5) is 0 Å². The van der Waals surface area contributed by atoms with Crippen LogP contribution in [-0.2, 0) is 0 Å². The van der Waals surface area contributed by atoms with Crippen LogP contribution in [0.3, 0.4) is 0 Å². The highest BCUT2D eigenvalue weighted by Gasteiger charge is 2.10. The van der Waals surface area contributed by atoms with Crippen molar-refractivity contribution in [2.45, 2.75) is 39.5 Å². The van der Waals surface area contributed by atoms with E-state index in [1.165, 1.54) is 0 Å². The predicted octanol–water partition coefficient (Wildman–Crippen LogP) is 7.18. The number of pyridine rings is 2. The molecule has 4 nitrogen and oxygen atoms in total. The monoisotopic (exact) mass is 428 g/mol. The summed E-state index contributed by atoms with van der Waals surface area (Å²) in [5.41, 5.74) is 3.76. The van der Waals surface area contributed by atoms with Crippen LogP contribution in [0.1, 0.15) is 62.0 Å². The Hall–Kier alpha value is -3.40. The fourth-order valence-corrected chi connectivity index (χ4v) is 3.05. The molecule has 0 bridgehead atoms. The molecule has 0 spiro atoms. The fourth-order valence-electron chi connectivity index (χ4n) is 3.05. The molecule has 0 N–H and O–H groups in total. The van der Waals surface area contributed by atoms with Gasteiger partial charge in [0, 0.05) is 23.5 Å². The predicted molar refractivity (Wildman–Crippen MR) is 134 cm³/mol. The van der Waals surface area contributed by atoms with Crippen LogP contribution in [0.15, 0.2) is 60.9 Å². The van der Waals surface area contributed by atoms with Gasteiger partial charge >= 0.3 is 0 Å². The lowest BCUT2D eigenvalue weighted by Crippen LogP contribution is -2.02. The van der Waals surface area contributed by atoms with E-state index in [0.717, 1.165) is 59.7 Å². The van der Waals surface area contributed by atoms with E-state index in [-0.39, 0.29) is 0 Å². The van der Waals surface area contributed by atoms with Gasteiger partial charge in [0.2, 0.25) is 0 Å². The summed E-state index contributed by atoms with van der Waals surface area (Å²) in [5.74, 6) is 1.68. The Morgan fingerprint density at radius 3 is 1.50 bits per heavy atom. The summed E-state index contributed by atoms with van der Waals surface area (Å²) >= 11 is 0. The van der Waals surface area contributed by atoms with Crippen LogP contribution in [0.5, 0.6) is 11.5 Å². The third-order valence-electron chi connectivity index (χ3n) is 4.90. The minimum atomic E-state index is 0.681. The third-order valence-corrected chi connectivity index (χ3v) is 4.90. The number of hydrogen-bond donors (Lipinski definition) is 0. The first-order valence-electron chi connectivity index (χ1n) is 11.4. The van der Waals surface area contributed by atoms with Crippen molar-refractivity contribution in [3.8, 4) is 11.5 Å². The average molecular weight is 429 g/mol. The summed E-state index contributed by atoms with van der Waals surface area (Å²) in [6.45, 7) is 5.69. The largest absolute Gasteiger partial charge is 0.493 e. The molecule has 3 aromatic rings. The van der Waals surface area contributed by atoms with E-state index in [1.54, 1.807) is 12.4 Å². The van der Waals surface area contributed by atoms with Crippen molar-refractivity contribution in [2.24, 2.45) is 0 Å². The van der Waals surface area contributed by atoms with Gasteiger partial charge in [0.1, 0.15) is 11.5 Å². The maximum absolute atomic E-state index is 6.16. The van der Waals surface area contributed by atoms with E-state index in [0.29, 0.717) is 13.2 Å². The standard InChI is InChI=1S/C28H32N2O2/c1-3-5-19-31-27-21-24(14-16-26-12-8-10-18-30-26)28(32-20-6-4-2)22-23(27)13-15-25-11-7-9-17-29-25/h7-18,21-22H,3-6,19-20H2,1-2H3/b15-13+,16-14+. The van der Waals surface area contributed by atoms with Crippen LogP contribution in [0.25, 0.3) is 24.3 Å². The molecule has 0 unspecified atom stereocenters. The highest BCUT2D eigenvalue weighted by molar-refractivity contribution is 5.78. The van der Waals surface area contributed by atoms with Crippen molar-refractivity contribution in [1.29, 1.82) is 0 Å². The zero-order valence-corrected chi connectivity index (χ0v) is 19.0. The summed E-state index contributed by atoms with van der Waals surface area (Å²) in [6, 6.07) is 15.9. The van der Waals surface area contributed by atoms with Gasteiger partial charge in [-0.1, -0.05) is 38.8 Å². The summed E-state index contributed by atoms with van der Waals surface area (Å²) in [6.07, 6.45) is 15.9. The first-order valence-corrected chi connectivity index (χ1v) is 11.4. The molecule has 2 heterocycles. The number of benzene rings is 1. The number of unbranched alkanes of at least 4 members (excludes halogenated alkanes) is 2. The Kier molecular flexibility index (Phi) is 9.53. The SMILES string of the molecule is CCCCOc1cc(/C=C/c2ccccn2)c(OCCCC)cc1/C=C/c1ccccn1. The molecule has 32 heavy (non-hydrogen) atoms. The summed E-state index contributed by atoms with van der Waals surface area (Å²) in [5, 5.41) is 0. The molecule has 0 amide bonds. The van der Waals surface area contributed by atoms with Gasteiger partial charge in [-0.05, 0) is 73.5 Å². The molecular weight excluding hydrogens is 396 g/mol. The maximum Gasteiger partial charge on any atom is 0.127 e. The van der Waals surface area contributed by atoms with E-state index in [9.17, 15) is 0 Å². The van der Waals surface area contributed by atoms with Gasteiger partial charge in [-0.25, -0.2) is 0 Å². The molecule has 0 aliphatic heterocycles. The third kappa shape index (κ3) is 7.38. The summed E-state index contributed by atoms with van der Waals surface area (Å²) in [4.78, 5) is 8.77. The topological polar surface area (TPSA) is 44.2 Å². The van der Waals surface area contributed by atoms with E-state index in [1.807, 2.05) is 60.7 Å². The van der Waals surface area contributed by atoms with Crippen molar-refractivity contribution in [2.75, 3.05) is 13.2 Å².